The fourth-order valence-corrected chi connectivity index (χ4v) is 4.96. The zero-order valence-corrected chi connectivity index (χ0v) is 20.8. The third kappa shape index (κ3) is 4.68. The zero-order valence-electron chi connectivity index (χ0n) is 20.8. The largest absolute Gasteiger partial charge is 0.508 e. The first kappa shape index (κ1) is 23.3. The van der Waals surface area contributed by atoms with E-state index in [1.807, 2.05) is 24.3 Å². The van der Waals surface area contributed by atoms with Crippen LogP contribution in [0, 0.1) is 0 Å². The molecule has 0 amide bonds. The molecule has 2 nitrogen and oxygen atoms in total. The van der Waals surface area contributed by atoms with E-state index in [1.54, 1.807) is 24.3 Å². The summed E-state index contributed by atoms with van der Waals surface area (Å²) in [6.45, 7) is 0. The summed E-state index contributed by atoms with van der Waals surface area (Å²) in [6, 6.07) is 40.2. The summed E-state index contributed by atoms with van der Waals surface area (Å²) in [5.41, 5.74) is 6.64. The van der Waals surface area contributed by atoms with Crippen LogP contribution in [0.5, 0.6) is 11.5 Å². The third-order valence-corrected chi connectivity index (χ3v) is 6.87. The average molecular weight is 491 g/mol. The molecule has 0 aliphatic carbocycles. The second-order valence-electron chi connectivity index (χ2n) is 9.35. The van der Waals surface area contributed by atoms with E-state index in [0.717, 1.165) is 22.3 Å². The average Bonchev–Trinajstić information content (AvgIpc) is 2.96. The highest BCUT2D eigenvalue weighted by molar-refractivity contribution is 6.11. The van der Waals surface area contributed by atoms with Gasteiger partial charge in [0.1, 0.15) is 11.5 Å². The Balaban J connectivity index is 1.60. The standard InChI is InChI=1S/C36H26O2/c37-31-21-11-25(12-22-31)9-15-29-19-17-27-5-1-3-7-33(27)35(29)36-30(16-10-26-13-23-32(38)24-14-26)20-18-28-6-2-4-8-34(28)36/h1-24,37-38H/b15-9+,16-10+. The van der Waals surface area contributed by atoms with E-state index >= 15 is 0 Å². The molecule has 2 N–H and O–H groups in total. The maximum absolute atomic E-state index is 9.69. The summed E-state index contributed by atoms with van der Waals surface area (Å²) in [4.78, 5) is 0. The van der Waals surface area contributed by atoms with Crippen LogP contribution in [0.2, 0.25) is 0 Å². The summed E-state index contributed by atoms with van der Waals surface area (Å²) in [7, 11) is 0. The van der Waals surface area contributed by atoms with E-state index in [1.165, 1.54) is 32.7 Å². The molecule has 0 bridgehead atoms. The summed E-state index contributed by atoms with van der Waals surface area (Å²) >= 11 is 0. The molecule has 182 valence electrons. The highest BCUT2D eigenvalue weighted by Gasteiger charge is 2.15. The second kappa shape index (κ2) is 10.1. The fourth-order valence-electron chi connectivity index (χ4n) is 4.96. The van der Waals surface area contributed by atoms with Crippen LogP contribution < -0.4 is 0 Å². The van der Waals surface area contributed by atoms with Crippen molar-refractivity contribution in [2.75, 3.05) is 0 Å². The molecule has 0 unspecified atom stereocenters. The SMILES string of the molecule is Oc1ccc(/C=C/c2ccc3ccccc3c2-c2c(/C=C/c3ccc(O)cc3)ccc3ccccc23)cc1. The molecule has 0 aromatic heterocycles. The van der Waals surface area contributed by atoms with Crippen molar-refractivity contribution >= 4 is 45.8 Å². The van der Waals surface area contributed by atoms with E-state index in [9.17, 15) is 10.2 Å². The topological polar surface area (TPSA) is 40.5 Å². The lowest BCUT2D eigenvalue weighted by atomic mass is 9.86. The number of rotatable bonds is 5. The van der Waals surface area contributed by atoms with Crippen molar-refractivity contribution in [2.45, 2.75) is 0 Å². The van der Waals surface area contributed by atoms with Crippen LogP contribution in [-0.2, 0) is 0 Å². The van der Waals surface area contributed by atoms with E-state index < -0.39 is 0 Å². The minimum absolute atomic E-state index is 0.259. The molecule has 0 atom stereocenters. The van der Waals surface area contributed by atoms with Gasteiger partial charge in [-0.25, -0.2) is 0 Å². The summed E-state index contributed by atoms with van der Waals surface area (Å²) < 4.78 is 0. The minimum atomic E-state index is 0.259. The van der Waals surface area contributed by atoms with Crippen molar-refractivity contribution in [1.29, 1.82) is 0 Å². The van der Waals surface area contributed by atoms with Gasteiger partial charge in [-0.05, 0) is 79.2 Å². The quantitative estimate of drug-likeness (QED) is 0.236. The molecule has 38 heavy (non-hydrogen) atoms. The van der Waals surface area contributed by atoms with Crippen molar-refractivity contribution < 1.29 is 10.2 Å². The monoisotopic (exact) mass is 490 g/mol. The van der Waals surface area contributed by atoms with Crippen LogP contribution in [0.4, 0.5) is 0 Å². The van der Waals surface area contributed by atoms with Gasteiger partial charge in [-0.15, -0.1) is 0 Å². The molecule has 0 aliphatic rings. The molecule has 0 heterocycles. The van der Waals surface area contributed by atoms with Gasteiger partial charge in [0.25, 0.3) is 0 Å². The highest BCUT2D eigenvalue weighted by atomic mass is 16.3. The van der Waals surface area contributed by atoms with E-state index in [2.05, 4.69) is 97.1 Å². The lowest BCUT2D eigenvalue weighted by molar-refractivity contribution is 0.474. The van der Waals surface area contributed by atoms with E-state index in [-0.39, 0.29) is 11.5 Å². The number of hydrogen-bond acceptors (Lipinski definition) is 2. The number of aromatic hydroxyl groups is 2. The van der Waals surface area contributed by atoms with Crippen LogP contribution >= 0.6 is 0 Å². The second-order valence-corrected chi connectivity index (χ2v) is 9.35. The van der Waals surface area contributed by atoms with Crippen molar-refractivity contribution in [3.8, 4) is 22.6 Å². The van der Waals surface area contributed by atoms with Gasteiger partial charge in [-0.3, -0.25) is 0 Å². The van der Waals surface area contributed by atoms with Crippen molar-refractivity contribution in [3.05, 3.63) is 144 Å². The maximum Gasteiger partial charge on any atom is 0.115 e. The van der Waals surface area contributed by atoms with Gasteiger partial charge < -0.3 is 10.2 Å². The number of benzene rings is 6. The van der Waals surface area contributed by atoms with Crippen LogP contribution in [-0.4, -0.2) is 10.2 Å². The zero-order chi connectivity index (χ0) is 25.9. The summed E-state index contributed by atoms with van der Waals surface area (Å²) in [5.74, 6) is 0.517. The molecule has 0 radical (unpaired) electrons. The molecule has 0 saturated carbocycles. The Labute approximate surface area is 222 Å². The van der Waals surface area contributed by atoms with Gasteiger partial charge in [0.15, 0.2) is 0 Å². The molecule has 0 saturated heterocycles. The van der Waals surface area contributed by atoms with Crippen LogP contribution in [0.15, 0.2) is 121 Å². The predicted molar refractivity (Wildman–Crippen MR) is 161 cm³/mol. The lowest BCUT2D eigenvalue weighted by Gasteiger charge is -2.17. The molecule has 0 fully saturated rings. The fraction of sp³-hybridized carbons (Fsp3) is 0. The van der Waals surface area contributed by atoms with Gasteiger partial charge in [0.05, 0.1) is 0 Å². The smallest absolute Gasteiger partial charge is 0.115 e. The molecular weight excluding hydrogens is 464 g/mol. The Morgan fingerprint density at radius 3 is 1.18 bits per heavy atom. The lowest BCUT2D eigenvalue weighted by Crippen LogP contribution is -1.92. The Bertz CT molecular complexity index is 1670. The molecule has 0 aliphatic heterocycles. The highest BCUT2D eigenvalue weighted by Crippen LogP contribution is 2.40. The first-order valence-electron chi connectivity index (χ1n) is 12.6. The van der Waals surface area contributed by atoms with E-state index in [0.29, 0.717) is 0 Å². The van der Waals surface area contributed by atoms with Crippen molar-refractivity contribution in [2.24, 2.45) is 0 Å². The van der Waals surface area contributed by atoms with Crippen LogP contribution in [0.1, 0.15) is 22.3 Å². The first-order valence-corrected chi connectivity index (χ1v) is 12.6. The third-order valence-electron chi connectivity index (χ3n) is 6.87. The molecule has 6 aromatic rings. The Hall–Kier alpha value is -5.08. The predicted octanol–water partition coefficient (Wildman–Crippen LogP) is 9.41. The summed E-state index contributed by atoms with van der Waals surface area (Å²) in [5, 5.41) is 24.1. The maximum atomic E-state index is 9.69. The molecular formula is C36H26O2. The van der Waals surface area contributed by atoms with Gasteiger partial charge in [0, 0.05) is 0 Å². The first-order chi connectivity index (χ1) is 18.7. The number of hydrogen-bond donors (Lipinski definition) is 2. The Morgan fingerprint density at radius 1 is 0.368 bits per heavy atom. The number of fused-ring (bicyclic) bond motifs is 2. The molecule has 6 aromatic carbocycles. The van der Waals surface area contributed by atoms with Gasteiger partial charge >= 0.3 is 0 Å². The Kier molecular flexibility index (Phi) is 6.21. The van der Waals surface area contributed by atoms with Gasteiger partial charge in [-0.2, -0.15) is 0 Å². The summed E-state index contributed by atoms with van der Waals surface area (Å²) in [6.07, 6.45) is 8.49. The van der Waals surface area contributed by atoms with Gasteiger partial charge in [-0.1, -0.05) is 121 Å². The van der Waals surface area contributed by atoms with Crippen LogP contribution in [0.25, 0.3) is 57.0 Å². The normalized spacial score (nSPS) is 11.7. The Morgan fingerprint density at radius 2 is 0.763 bits per heavy atom. The van der Waals surface area contributed by atoms with E-state index in [4.69, 9.17) is 0 Å². The minimum Gasteiger partial charge on any atom is -0.508 e. The number of phenolic OH excluding ortho intramolecular Hbond substituents is 2. The molecule has 6 rings (SSSR count). The van der Waals surface area contributed by atoms with Crippen molar-refractivity contribution in [3.63, 3.8) is 0 Å². The van der Waals surface area contributed by atoms with Crippen LogP contribution in [0.3, 0.4) is 0 Å². The van der Waals surface area contributed by atoms with Crippen molar-refractivity contribution in [1.82, 2.24) is 0 Å². The number of phenols is 2. The molecule has 2 heteroatoms. The molecule has 0 spiro atoms. The van der Waals surface area contributed by atoms with Gasteiger partial charge in [0.2, 0.25) is 0 Å².